The van der Waals surface area contributed by atoms with Crippen LogP contribution in [0.1, 0.15) is 30.3 Å². The van der Waals surface area contributed by atoms with Crippen LogP contribution in [0.15, 0.2) is 36.7 Å². The Labute approximate surface area is 114 Å². The Morgan fingerprint density at radius 2 is 2.16 bits per heavy atom. The molecule has 0 saturated carbocycles. The standard InChI is InChI=1S/C16H21N3/c1-2-14-10-16-15(17-12-18-16)8-9-19(14)11-13-6-4-3-5-7-13/h3-7,12,14H,2,8-11H2,1H3,(H,17,18)/t14-/m1/s1. The fourth-order valence-electron chi connectivity index (χ4n) is 2.96. The van der Waals surface area contributed by atoms with Crippen molar-refractivity contribution in [1.29, 1.82) is 0 Å². The number of hydrogen-bond donors (Lipinski definition) is 1. The number of nitrogens with one attached hydrogen (secondary N) is 1. The number of nitrogens with zero attached hydrogens (tertiary/aromatic N) is 2. The van der Waals surface area contributed by atoms with E-state index >= 15 is 0 Å². The average molecular weight is 255 g/mol. The molecule has 0 radical (unpaired) electrons. The van der Waals surface area contributed by atoms with Crippen LogP contribution in [0.25, 0.3) is 0 Å². The molecule has 1 aliphatic heterocycles. The first-order chi connectivity index (χ1) is 9.36. The van der Waals surface area contributed by atoms with Gasteiger partial charge in [0.25, 0.3) is 0 Å². The Kier molecular flexibility index (Phi) is 3.65. The molecular formula is C16H21N3. The molecule has 2 heterocycles. The SMILES string of the molecule is CC[C@@H]1Cc2nc[nH]c2CCN1Cc1ccccc1. The largest absolute Gasteiger partial charge is 0.348 e. The minimum Gasteiger partial charge on any atom is -0.348 e. The van der Waals surface area contributed by atoms with Gasteiger partial charge in [-0.2, -0.15) is 0 Å². The Bertz CT molecular complexity index is 518. The molecule has 3 nitrogen and oxygen atoms in total. The molecule has 2 aromatic rings. The number of aromatic amines is 1. The maximum Gasteiger partial charge on any atom is 0.0925 e. The summed E-state index contributed by atoms with van der Waals surface area (Å²) in [5.74, 6) is 0. The van der Waals surface area contributed by atoms with Gasteiger partial charge < -0.3 is 4.98 Å². The Morgan fingerprint density at radius 1 is 1.32 bits per heavy atom. The van der Waals surface area contributed by atoms with Gasteiger partial charge in [0.2, 0.25) is 0 Å². The van der Waals surface area contributed by atoms with E-state index in [1.54, 1.807) is 0 Å². The van der Waals surface area contributed by atoms with E-state index in [4.69, 9.17) is 0 Å². The maximum atomic E-state index is 4.47. The van der Waals surface area contributed by atoms with Crippen LogP contribution in [0, 0.1) is 0 Å². The van der Waals surface area contributed by atoms with E-state index in [0.29, 0.717) is 6.04 Å². The van der Waals surface area contributed by atoms with Crippen LogP contribution in [-0.2, 0) is 19.4 Å². The van der Waals surface area contributed by atoms with Gasteiger partial charge in [-0.1, -0.05) is 37.3 Å². The first kappa shape index (κ1) is 12.4. The summed E-state index contributed by atoms with van der Waals surface area (Å²) in [7, 11) is 0. The molecule has 1 aromatic heterocycles. The van der Waals surface area contributed by atoms with Crippen molar-refractivity contribution in [3.05, 3.63) is 53.6 Å². The van der Waals surface area contributed by atoms with Gasteiger partial charge in [-0.05, 0) is 12.0 Å². The van der Waals surface area contributed by atoms with Gasteiger partial charge in [0.1, 0.15) is 0 Å². The molecule has 0 amide bonds. The van der Waals surface area contributed by atoms with Crippen LogP contribution >= 0.6 is 0 Å². The molecule has 0 unspecified atom stereocenters. The van der Waals surface area contributed by atoms with Crippen molar-refractivity contribution in [1.82, 2.24) is 14.9 Å². The summed E-state index contributed by atoms with van der Waals surface area (Å²) in [6, 6.07) is 11.4. The van der Waals surface area contributed by atoms with Gasteiger partial charge in [0.05, 0.1) is 12.0 Å². The Hall–Kier alpha value is -1.61. The molecule has 1 aliphatic rings. The third-order valence-corrected chi connectivity index (χ3v) is 4.10. The van der Waals surface area contributed by atoms with Crippen molar-refractivity contribution in [3.63, 3.8) is 0 Å². The molecule has 3 rings (SSSR count). The van der Waals surface area contributed by atoms with Crippen molar-refractivity contribution in [2.75, 3.05) is 6.54 Å². The van der Waals surface area contributed by atoms with Gasteiger partial charge in [0, 0.05) is 37.7 Å². The minimum absolute atomic E-state index is 0.602. The monoisotopic (exact) mass is 255 g/mol. The molecule has 0 aliphatic carbocycles. The number of hydrogen-bond acceptors (Lipinski definition) is 2. The molecule has 1 N–H and O–H groups in total. The van der Waals surface area contributed by atoms with Crippen LogP contribution in [0.3, 0.4) is 0 Å². The van der Waals surface area contributed by atoms with E-state index in [1.165, 1.54) is 23.4 Å². The van der Waals surface area contributed by atoms with Gasteiger partial charge in [-0.25, -0.2) is 4.98 Å². The molecule has 3 heteroatoms. The van der Waals surface area contributed by atoms with Crippen molar-refractivity contribution in [3.8, 4) is 0 Å². The summed E-state index contributed by atoms with van der Waals surface area (Å²) in [4.78, 5) is 10.4. The lowest BCUT2D eigenvalue weighted by Gasteiger charge is -2.29. The first-order valence-corrected chi connectivity index (χ1v) is 7.16. The fraction of sp³-hybridized carbons (Fsp3) is 0.438. The topological polar surface area (TPSA) is 31.9 Å². The molecule has 0 spiro atoms. The Balaban J connectivity index is 1.76. The number of benzene rings is 1. The molecular weight excluding hydrogens is 234 g/mol. The normalized spacial score (nSPS) is 19.9. The zero-order valence-electron chi connectivity index (χ0n) is 11.5. The molecule has 19 heavy (non-hydrogen) atoms. The second-order valence-electron chi connectivity index (χ2n) is 5.30. The first-order valence-electron chi connectivity index (χ1n) is 7.16. The third kappa shape index (κ3) is 2.71. The van der Waals surface area contributed by atoms with Gasteiger partial charge in [0.15, 0.2) is 0 Å². The predicted octanol–water partition coefficient (Wildman–Crippen LogP) is 2.79. The number of fused-ring (bicyclic) bond motifs is 1. The second kappa shape index (κ2) is 5.57. The maximum absolute atomic E-state index is 4.47. The van der Waals surface area contributed by atoms with Gasteiger partial charge in [-0.3, -0.25) is 4.90 Å². The highest BCUT2D eigenvalue weighted by atomic mass is 15.2. The number of imidazole rings is 1. The van der Waals surface area contributed by atoms with E-state index in [2.05, 4.69) is 52.1 Å². The molecule has 1 atom stereocenters. The van der Waals surface area contributed by atoms with Crippen LogP contribution in [0.4, 0.5) is 0 Å². The zero-order chi connectivity index (χ0) is 13.1. The Morgan fingerprint density at radius 3 is 2.95 bits per heavy atom. The van der Waals surface area contributed by atoms with Crippen LogP contribution in [0.2, 0.25) is 0 Å². The van der Waals surface area contributed by atoms with Crippen LogP contribution < -0.4 is 0 Å². The minimum atomic E-state index is 0.602. The molecule has 0 saturated heterocycles. The van der Waals surface area contributed by atoms with Crippen molar-refractivity contribution < 1.29 is 0 Å². The van der Waals surface area contributed by atoms with E-state index in [1.807, 2.05) is 6.33 Å². The highest BCUT2D eigenvalue weighted by Gasteiger charge is 2.23. The van der Waals surface area contributed by atoms with E-state index in [9.17, 15) is 0 Å². The second-order valence-corrected chi connectivity index (χ2v) is 5.30. The number of H-pyrrole nitrogens is 1. The summed E-state index contributed by atoms with van der Waals surface area (Å²) < 4.78 is 0. The fourth-order valence-corrected chi connectivity index (χ4v) is 2.96. The average Bonchev–Trinajstić information content (AvgIpc) is 2.83. The van der Waals surface area contributed by atoms with Crippen LogP contribution in [0.5, 0.6) is 0 Å². The number of rotatable bonds is 3. The lowest BCUT2D eigenvalue weighted by atomic mass is 10.1. The highest BCUT2D eigenvalue weighted by Crippen LogP contribution is 2.20. The lowest BCUT2D eigenvalue weighted by molar-refractivity contribution is 0.188. The number of aromatic nitrogens is 2. The molecule has 1 aromatic carbocycles. The molecule has 0 bridgehead atoms. The van der Waals surface area contributed by atoms with Crippen molar-refractivity contribution in [2.24, 2.45) is 0 Å². The van der Waals surface area contributed by atoms with E-state index < -0.39 is 0 Å². The highest BCUT2D eigenvalue weighted by molar-refractivity contribution is 5.18. The zero-order valence-corrected chi connectivity index (χ0v) is 11.5. The van der Waals surface area contributed by atoms with E-state index in [-0.39, 0.29) is 0 Å². The molecule has 0 fully saturated rings. The smallest absolute Gasteiger partial charge is 0.0925 e. The van der Waals surface area contributed by atoms with Crippen molar-refractivity contribution in [2.45, 2.75) is 38.8 Å². The van der Waals surface area contributed by atoms with Gasteiger partial charge >= 0.3 is 0 Å². The van der Waals surface area contributed by atoms with Crippen LogP contribution in [-0.4, -0.2) is 27.5 Å². The third-order valence-electron chi connectivity index (χ3n) is 4.10. The van der Waals surface area contributed by atoms with Crippen molar-refractivity contribution >= 4 is 0 Å². The summed E-state index contributed by atoms with van der Waals surface area (Å²) in [6.45, 7) is 4.44. The molecule has 100 valence electrons. The summed E-state index contributed by atoms with van der Waals surface area (Å²) in [5.41, 5.74) is 4.00. The van der Waals surface area contributed by atoms with E-state index in [0.717, 1.165) is 25.9 Å². The summed E-state index contributed by atoms with van der Waals surface area (Å²) in [5, 5.41) is 0. The summed E-state index contributed by atoms with van der Waals surface area (Å²) >= 11 is 0. The predicted molar refractivity (Wildman–Crippen MR) is 76.9 cm³/mol. The quantitative estimate of drug-likeness (QED) is 0.914. The lowest BCUT2D eigenvalue weighted by Crippen LogP contribution is -2.35. The summed E-state index contributed by atoms with van der Waals surface area (Å²) in [6.07, 6.45) is 5.17. The van der Waals surface area contributed by atoms with Gasteiger partial charge in [-0.15, -0.1) is 0 Å².